The highest BCUT2D eigenvalue weighted by atomic mass is 35.5. The maximum atomic E-state index is 6.30. The molecule has 1 saturated heterocycles. The van der Waals surface area contributed by atoms with E-state index in [1.54, 1.807) is 17.6 Å². The van der Waals surface area contributed by atoms with Crippen LogP contribution in [0, 0.1) is 0 Å². The molecule has 4 nitrogen and oxygen atoms in total. The lowest BCUT2D eigenvalue weighted by Crippen LogP contribution is -2.49. The average molecular weight is 325 g/mol. The van der Waals surface area contributed by atoms with E-state index in [0.29, 0.717) is 6.04 Å². The first-order valence-electron chi connectivity index (χ1n) is 7.23. The Bertz CT molecular complexity index is 642. The fraction of sp³-hybridized carbons (Fsp3) is 0.533. The van der Waals surface area contributed by atoms with E-state index >= 15 is 0 Å². The van der Waals surface area contributed by atoms with Gasteiger partial charge in [0.15, 0.2) is 6.39 Å². The number of nitrogens with one attached hydrogen (secondary N) is 1. The lowest BCUT2D eigenvalue weighted by atomic mass is 9.79. The van der Waals surface area contributed by atoms with Gasteiger partial charge < -0.3 is 14.5 Å². The SMILES string of the molecule is C[C@H]1C[C@@]2(C[C@@H](c3cocn3)N1)OCCc1cc(Cl)sc12. The third-order valence-electron chi connectivity index (χ3n) is 4.41. The number of nitrogens with zero attached hydrogens (tertiary/aromatic N) is 1. The van der Waals surface area contributed by atoms with E-state index in [4.69, 9.17) is 20.8 Å². The summed E-state index contributed by atoms with van der Waals surface area (Å²) in [6, 6.07) is 2.61. The molecule has 21 heavy (non-hydrogen) atoms. The molecule has 1 fully saturated rings. The zero-order valence-corrected chi connectivity index (χ0v) is 13.3. The van der Waals surface area contributed by atoms with Crippen LogP contribution in [-0.2, 0) is 16.8 Å². The number of aromatic nitrogens is 1. The molecule has 1 spiro atoms. The van der Waals surface area contributed by atoms with Crippen molar-refractivity contribution in [2.45, 2.75) is 43.9 Å². The maximum Gasteiger partial charge on any atom is 0.180 e. The molecular formula is C15H17ClN2O2S. The van der Waals surface area contributed by atoms with Crippen molar-refractivity contribution in [1.29, 1.82) is 0 Å². The van der Waals surface area contributed by atoms with E-state index in [1.807, 2.05) is 0 Å². The third kappa shape index (κ3) is 2.32. The smallest absolute Gasteiger partial charge is 0.180 e. The van der Waals surface area contributed by atoms with Crippen molar-refractivity contribution in [1.82, 2.24) is 10.3 Å². The van der Waals surface area contributed by atoms with Gasteiger partial charge in [0.2, 0.25) is 0 Å². The second-order valence-electron chi connectivity index (χ2n) is 5.94. The standard InChI is InChI=1S/C15H17ClN2O2S/c1-9-5-15(6-11(18-9)12-7-19-8-17-12)14-10(2-3-20-15)4-13(16)21-14/h4,7-9,11,18H,2-3,5-6H2,1H3/t9-,11-,15-/m0/s1. The molecule has 0 amide bonds. The van der Waals surface area contributed by atoms with Crippen molar-refractivity contribution in [3.05, 3.63) is 39.2 Å². The van der Waals surface area contributed by atoms with E-state index in [9.17, 15) is 0 Å². The van der Waals surface area contributed by atoms with Gasteiger partial charge in [-0.15, -0.1) is 11.3 Å². The van der Waals surface area contributed by atoms with Crippen LogP contribution in [0.15, 0.2) is 23.1 Å². The number of hydrogen-bond acceptors (Lipinski definition) is 5. The van der Waals surface area contributed by atoms with Gasteiger partial charge in [-0.3, -0.25) is 0 Å². The summed E-state index contributed by atoms with van der Waals surface area (Å²) in [6.45, 7) is 2.96. The molecule has 2 aliphatic heterocycles. The average Bonchev–Trinajstić information content (AvgIpc) is 3.07. The quantitative estimate of drug-likeness (QED) is 0.869. The molecule has 0 bridgehead atoms. The van der Waals surface area contributed by atoms with Gasteiger partial charge in [-0.1, -0.05) is 11.6 Å². The Morgan fingerprint density at radius 3 is 3.19 bits per heavy atom. The number of piperidine rings is 1. The first-order valence-corrected chi connectivity index (χ1v) is 8.42. The summed E-state index contributed by atoms with van der Waals surface area (Å²) >= 11 is 7.91. The van der Waals surface area contributed by atoms with E-state index in [0.717, 1.165) is 35.9 Å². The molecule has 0 unspecified atom stereocenters. The number of halogens is 1. The molecule has 0 saturated carbocycles. The summed E-state index contributed by atoms with van der Waals surface area (Å²) < 4.78 is 12.3. The Kier molecular flexibility index (Phi) is 3.34. The number of fused-ring (bicyclic) bond motifs is 2. The van der Waals surface area contributed by atoms with Gasteiger partial charge in [0.1, 0.15) is 11.9 Å². The molecule has 0 radical (unpaired) electrons. The van der Waals surface area contributed by atoms with Crippen molar-refractivity contribution in [3.63, 3.8) is 0 Å². The van der Waals surface area contributed by atoms with Crippen molar-refractivity contribution in [3.8, 4) is 0 Å². The topological polar surface area (TPSA) is 47.3 Å². The van der Waals surface area contributed by atoms with Gasteiger partial charge in [-0.05, 0) is 31.4 Å². The van der Waals surface area contributed by atoms with Crippen LogP contribution in [0.3, 0.4) is 0 Å². The highest BCUT2D eigenvalue weighted by Crippen LogP contribution is 2.49. The zero-order chi connectivity index (χ0) is 14.4. The lowest BCUT2D eigenvalue weighted by molar-refractivity contribution is -0.0957. The molecule has 3 atom stereocenters. The molecule has 0 aromatic carbocycles. The van der Waals surface area contributed by atoms with Crippen molar-refractivity contribution in [2.75, 3.05) is 6.61 Å². The summed E-state index contributed by atoms with van der Waals surface area (Å²) in [6.07, 6.45) is 5.99. The Morgan fingerprint density at radius 1 is 1.48 bits per heavy atom. The van der Waals surface area contributed by atoms with Gasteiger partial charge in [-0.2, -0.15) is 0 Å². The Hall–Kier alpha value is -0.880. The van der Waals surface area contributed by atoms with E-state index < -0.39 is 0 Å². The van der Waals surface area contributed by atoms with Crippen LogP contribution < -0.4 is 5.32 Å². The fourth-order valence-electron chi connectivity index (χ4n) is 3.64. The highest BCUT2D eigenvalue weighted by molar-refractivity contribution is 7.16. The number of oxazole rings is 1. The predicted octanol–water partition coefficient (Wildman–Crippen LogP) is 3.67. The summed E-state index contributed by atoms with van der Waals surface area (Å²) in [5.41, 5.74) is 2.06. The molecule has 112 valence electrons. The van der Waals surface area contributed by atoms with Crippen molar-refractivity contribution < 1.29 is 9.15 Å². The fourth-order valence-corrected chi connectivity index (χ4v) is 5.11. The molecule has 0 aliphatic carbocycles. The number of rotatable bonds is 1. The molecule has 4 heterocycles. The van der Waals surface area contributed by atoms with Gasteiger partial charge in [0.05, 0.1) is 22.7 Å². The van der Waals surface area contributed by atoms with E-state index in [-0.39, 0.29) is 11.6 Å². The lowest BCUT2D eigenvalue weighted by Gasteiger charge is -2.45. The highest BCUT2D eigenvalue weighted by Gasteiger charge is 2.46. The van der Waals surface area contributed by atoms with Crippen LogP contribution in [0.5, 0.6) is 0 Å². The molecule has 6 heteroatoms. The summed E-state index contributed by atoms with van der Waals surface area (Å²) in [7, 11) is 0. The maximum absolute atomic E-state index is 6.30. The number of hydrogen-bond donors (Lipinski definition) is 1. The van der Waals surface area contributed by atoms with E-state index in [2.05, 4.69) is 23.3 Å². The van der Waals surface area contributed by atoms with Crippen molar-refractivity contribution in [2.24, 2.45) is 0 Å². The summed E-state index contributed by atoms with van der Waals surface area (Å²) in [5, 5.41) is 3.60. The zero-order valence-electron chi connectivity index (χ0n) is 11.8. The molecule has 2 aromatic heterocycles. The van der Waals surface area contributed by atoms with Crippen LogP contribution in [0.25, 0.3) is 0 Å². The number of thiophene rings is 1. The predicted molar refractivity (Wildman–Crippen MR) is 81.7 cm³/mol. The first-order chi connectivity index (χ1) is 10.2. The first kappa shape index (κ1) is 13.8. The second-order valence-corrected chi connectivity index (χ2v) is 7.62. The van der Waals surface area contributed by atoms with E-state index in [1.165, 1.54) is 16.8 Å². The van der Waals surface area contributed by atoms with Crippen LogP contribution in [-0.4, -0.2) is 17.6 Å². The summed E-state index contributed by atoms with van der Waals surface area (Å²) in [5.74, 6) is 0. The Morgan fingerprint density at radius 2 is 2.38 bits per heavy atom. The molecule has 1 N–H and O–H groups in total. The Labute approximate surface area is 132 Å². The van der Waals surface area contributed by atoms with Gasteiger partial charge >= 0.3 is 0 Å². The van der Waals surface area contributed by atoms with Crippen LogP contribution in [0.1, 0.15) is 41.9 Å². The normalized spacial score (nSPS) is 32.3. The van der Waals surface area contributed by atoms with Gasteiger partial charge in [-0.25, -0.2) is 4.98 Å². The number of ether oxygens (including phenoxy) is 1. The largest absolute Gasteiger partial charge is 0.451 e. The minimum absolute atomic E-state index is 0.152. The van der Waals surface area contributed by atoms with Crippen LogP contribution in [0.4, 0.5) is 0 Å². The molecule has 2 aliphatic rings. The Balaban J connectivity index is 1.73. The molecule has 4 rings (SSSR count). The van der Waals surface area contributed by atoms with Gasteiger partial charge in [0, 0.05) is 17.3 Å². The minimum atomic E-state index is -0.236. The second kappa shape index (κ2) is 5.09. The molecule has 2 aromatic rings. The summed E-state index contributed by atoms with van der Waals surface area (Å²) in [4.78, 5) is 5.61. The van der Waals surface area contributed by atoms with Crippen molar-refractivity contribution >= 4 is 22.9 Å². The molecular weight excluding hydrogens is 308 g/mol. The third-order valence-corrected chi connectivity index (χ3v) is 5.90. The van der Waals surface area contributed by atoms with Gasteiger partial charge in [0.25, 0.3) is 0 Å². The monoisotopic (exact) mass is 324 g/mol. The minimum Gasteiger partial charge on any atom is -0.451 e. The van der Waals surface area contributed by atoms with Crippen LogP contribution >= 0.6 is 22.9 Å². The van der Waals surface area contributed by atoms with Crippen LogP contribution in [0.2, 0.25) is 4.34 Å².